The van der Waals surface area contributed by atoms with Crippen molar-refractivity contribution in [3.05, 3.63) is 77.6 Å². The summed E-state index contributed by atoms with van der Waals surface area (Å²) >= 11 is 0. The van der Waals surface area contributed by atoms with E-state index in [-0.39, 0.29) is 11.9 Å². The molecule has 0 saturated carbocycles. The van der Waals surface area contributed by atoms with Gasteiger partial charge in [-0.25, -0.2) is 9.48 Å². The number of carbonyl (C=O) groups excluding carboxylic acids is 2. The summed E-state index contributed by atoms with van der Waals surface area (Å²) in [5, 5.41) is 10.2. The maximum Gasteiger partial charge on any atom is 0.321 e. The smallest absolute Gasteiger partial charge is 0.321 e. The van der Waals surface area contributed by atoms with Gasteiger partial charge in [0, 0.05) is 25.3 Å². The number of urea groups is 1. The van der Waals surface area contributed by atoms with Crippen molar-refractivity contribution in [2.45, 2.75) is 26.3 Å². The second kappa shape index (κ2) is 8.82. The Labute approximate surface area is 175 Å². The summed E-state index contributed by atoms with van der Waals surface area (Å²) in [5.41, 5.74) is 3.88. The molecule has 2 N–H and O–H groups in total. The van der Waals surface area contributed by atoms with Gasteiger partial charge < -0.3 is 15.5 Å². The van der Waals surface area contributed by atoms with E-state index in [1.807, 2.05) is 66.4 Å². The molecule has 0 unspecified atom stereocenters. The van der Waals surface area contributed by atoms with Crippen LogP contribution in [0.4, 0.5) is 10.5 Å². The number of hydrogen-bond acceptors (Lipinski definition) is 3. The Morgan fingerprint density at radius 2 is 1.80 bits per heavy atom. The van der Waals surface area contributed by atoms with E-state index in [0.29, 0.717) is 12.1 Å². The first kappa shape index (κ1) is 19.7. The number of amides is 3. The topological polar surface area (TPSA) is 79.3 Å². The molecule has 0 atom stereocenters. The fourth-order valence-corrected chi connectivity index (χ4v) is 3.62. The van der Waals surface area contributed by atoms with Crippen LogP contribution in [-0.4, -0.2) is 39.7 Å². The SMILES string of the molecule is Cc1c(C(=O)NCc2cccc(NC(=O)N3CCCC3)c2)cnn1-c1ccccc1. The van der Waals surface area contributed by atoms with Crippen molar-refractivity contribution in [2.75, 3.05) is 18.4 Å². The Bertz CT molecular complexity index is 1040. The van der Waals surface area contributed by atoms with Gasteiger partial charge >= 0.3 is 6.03 Å². The molecule has 1 aliphatic rings. The summed E-state index contributed by atoms with van der Waals surface area (Å²) in [7, 11) is 0. The Morgan fingerprint density at radius 3 is 2.57 bits per heavy atom. The van der Waals surface area contributed by atoms with Gasteiger partial charge in [-0.15, -0.1) is 0 Å². The highest BCUT2D eigenvalue weighted by atomic mass is 16.2. The zero-order valence-electron chi connectivity index (χ0n) is 17.0. The number of carbonyl (C=O) groups is 2. The van der Waals surface area contributed by atoms with Crippen molar-refractivity contribution < 1.29 is 9.59 Å². The fourth-order valence-electron chi connectivity index (χ4n) is 3.62. The lowest BCUT2D eigenvalue weighted by Gasteiger charge is -2.16. The van der Waals surface area contributed by atoms with E-state index in [1.165, 1.54) is 0 Å². The van der Waals surface area contributed by atoms with Gasteiger partial charge in [0.05, 0.1) is 23.1 Å². The molecule has 1 saturated heterocycles. The van der Waals surface area contributed by atoms with Gasteiger partial charge in [0.1, 0.15) is 0 Å². The Hall–Kier alpha value is -3.61. The molecule has 7 nitrogen and oxygen atoms in total. The van der Waals surface area contributed by atoms with Crippen molar-refractivity contribution in [3.63, 3.8) is 0 Å². The monoisotopic (exact) mass is 403 g/mol. The van der Waals surface area contributed by atoms with E-state index in [9.17, 15) is 9.59 Å². The minimum absolute atomic E-state index is 0.0716. The molecule has 30 heavy (non-hydrogen) atoms. The van der Waals surface area contributed by atoms with Crippen LogP contribution in [0, 0.1) is 6.92 Å². The summed E-state index contributed by atoms with van der Waals surface area (Å²) in [6, 6.07) is 17.2. The molecule has 1 aliphatic heterocycles. The second-order valence-corrected chi connectivity index (χ2v) is 7.40. The van der Waals surface area contributed by atoms with Crippen LogP contribution < -0.4 is 10.6 Å². The van der Waals surface area contributed by atoms with E-state index in [2.05, 4.69) is 15.7 Å². The Morgan fingerprint density at radius 1 is 1.03 bits per heavy atom. The number of anilines is 1. The number of likely N-dealkylation sites (tertiary alicyclic amines) is 1. The zero-order valence-corrected chi connectivity index (χ0v) is 17.0. The molecule has 0 bridgehead atoms. The van der Waals surface area contributed by atoms with Gasteiger partial charge in [-0.1, -0.05) is 30.3 Å². The quantitative estimate of drug-likeness (QED) is 0.681. The van der Waals surface area contributed by atoms with Crippen molar-refractivity contribution in [1.82, 2.24) is 20.0 Å². The third-order valence-corrected chi connectivity index (χ3v) is 5.28. The minimum atomic E-state index is -0.179. The molecule has 2 aromatic carbocycles. The van der Waals surface area contributed by atoms with Crippen LogP contribution in [0.15, 0.2) is 60.8 Å². The predicted octanol–water partition coefficient (Wildman–Crippen LogP) is 3.74. The van der Waals surface area contributed by atoms with Gasteiger partial charge in [-0.3, -0.25) is 4.79 Å². The van der Waals surface area contributed by atoms with E-state index in [4.69, 9.17) is 0 Å². The molecule has 0 aliphatic carbocycles. The Kier molecular flexibility index (Phi) is 5.79. The molecule has 154 valence electrons. The lowest BCUT2D eigenvalue weighted by molar-refractivity contribution is 0.0950. The number of nitrogens with one attached hydrogen (secondary N) is 2. The lowest BCUT2D eigenvalue weighted by atomic mass is 10.2. The lowest BCUT2D eigenvalue weighted by Crippen LogP contribution is -2.32. The predicted molar refractivity (Wildman–Crippen MR) is 116 cm³/mol. The van der Waals surface area contributed by atoms with E-state index in [1.54, 1.807) is 10.9 Å². The van der Waals surface area contributed by atoms with Gasteiger partial charge in [0.2, 0.25) is 0 Å². The summed E-state index contributed by atoms with van der Waals surface area (Å²) in [6.07, 6.45) is 3.70. The van der Waals surface area contributed by atoms with Gasteiger partial charge in [0.25, 0.3) is 5.91 Å². The number of rotatable bonds is 5. The van der Waals surface area contributed by atoms with Crippen molar-refractivity contribution in [1.29, 1.82) is 0 Å². The molecule has 0 radical (unpaired) electrons. The summed E-state index contributed by atoms with van der Waals surface area (Å²) in [4.78, 5) is 26.8. The third-order valence-electron chi connectivity index (χ3n) is 5.28. The van der Waals surface area contributed by atoms with Crippen LogP contribution in [0.2, 0.25) is 0 Å². The average molecular weight is 403 g/mol. The van der Waals surface area contributed by atoms with Crippen LogP contribution in [0.1, 0.15) is 34.5 Å². The molecular weight excluding hydrogens is 378 g/mol. The van der Waals surface area contributed by atoms with Crippen LogP contribution >= 0.6 is 0 Å². The molecule has 7 heteroatoms. The number of hydrogen-bond donors (Lipinski definition) is 2. The van der Waals surface area contributed by atoms with Gasteiger partial charge in [0.15, 0.2) is 0 Å². The molecule has 1 aromatic heterocycles. The molecule has 4 rings (SSSR count). The molecule has 3 aromatic rings. The fraction of sp³-hybridized carbons (Fsp3) is 0.261. The molecule has 3 amide bonds. The van der Waals surface area contributed by atoms with E-state index < -0.39 is 0 Å². The van der Waals surface area contributed by atoms with Crippen molar-refractivity contribution in [3.8, 4) is 5.69 Å². The van der Waals surface area contributed by atoms with Crippen LogP contribution in [-0.2, 0) is 6.54 Å². The summed E-state index contributed by atoms with van der Waals surface area (Å²) in [5.74, 6) is -0.179. The number of aromatic nitrogens is 2. The van der Waals surface area contributed by atoms with Gasteiger partial charge in [-0.2, -0.15) is 5.10 Å². The zero-order chi connectivity index (χ0) is 20.9. The molecular formula is C23H25N5O2. The maximum atomic E-state index is 12.7. The third kappa shape index (κ3) is 4.35. The number of para-hydroxylation sites is 1. The highest BCUT2D eigenvalue weighted by Crippen LogP contribution is 2.16. The van der Waals surface area contributed by atoms with Crippen LogP contribution in [0.5, 0.6) is 0 Å². The number of benzene rings is 2. The molecule has 2 heterocycles. The van der Waals surface area contributed by atoms with E-state index in [0.717, 1.165) is 48.6 Å². The second-order valence-electron chi connectivity index (χ2n) is 7.40. The van der Waals surface area contributed by atoms with E-state index >= 15 is 0 Å². The summed E-state index contributed by atoms with van der Waals surface area (Å²) in [6.45, 7) is 3.85. The minimum Gasteiger partial charge on any atom is -0.348 e. The normalized spacial score (nSPS) is 13.3. The first-order chi connectivity index (χ1) is 14.6. The first-order valence-corrected chi connectivity index (χ1v) is 10.1. The van der Waals surface area contributed by atoms with Crippen LogP contribution in [0.25, 0.3) is 5.69 Å². The van der Waals surface area contributed by atoms with Crippen molar-refractivity contribution >= 4 is 17.6 Å². The number of nitrogens with zero attached hydrogens (tertiary/aromatic N) is 3. The largest absolute Gasteiger partial charge is 0.348 e. The van der Waals surface area contributed by atoms with Gasteiger partial charge in [-0.05, 0) is 49.6 Å². The Balaban J connectivity index is 1.38. The van der Waals surface area contributed by atoms with Crippen LogP contribution in [0.3, 0.4) is 0 Å². The first-order valence-electron chi connectivity index (χ1n) is 10.1. The summed E-state index contributed by atoms with van der Waals surface area (Å²) < 4.78 is 1.75. The molecule has 1 fully saturated rings. The highest BCUT2D eigenvalue weighted by Gasteiger charge is 2.18. The highest BCUT2D eigenvalue weighted by molar-refractivity contribution is 5.95. The molecule has 0 spiro atoms. The average Bonchev–Trinajstić information content (AvgIpc) is 3.43. The standard InChI is InChI=1S/C23H25N5O2/c1-17-21(16-25-28(17)20-10-3-2-4-11-20)22(29)24-15-18-8-7-9-19(14-18)26-23(30)27-12-5-6-13-27/h2-4,7-11,14,16H,5-6,12-13,15H2,1H3,(H,24,29)(H,26,30). The van der Waals surface area contributed by atoms with Crippen molar-refractivity contribution in [2.24, 2.45) is 0 Å². The maximum absolute atomic E-state index is 12.7.